The van der Waals surface area contributed by atoms with Crippen molar-refractivity contribution in [3.63, 3.8) is 0 Å². The van der Waals surface area contributed by atoms with E-state index in [4.69, 9.17) is 4.74 Å². The largest absolute Gasteiger partial charge is 0.471 e. The second-order valence-electron chi connectivity index (χ2n) is 5.60. The molecule has 3 aromatic rings. The van der Waals surface area contributed by atoms with E-state index in [2.05, 4.69) is 31.4 Å². The van der Waals surface area contributed by atoms with Crippen LogP contribution in [-0.4, -0.2) is 30.4 Å². The number of hydrogen-bond donors (Lipinski definition) is 1. The Morgan fingerprint density at radius 1 is 1.30 bits per heavy atom. The highest BCUT2D eigenvalue weighted by molar-refractivity contribution is 9.10. The monoisotopic (exact) mass is 434 g/mol. The van der Waals surface area contributed by atoms with Crippen molar-refractivity contribution in [3.8, 4) is 5.75 Å². The standard InChI is InChI=1S/C16H15BrN6O4/c1-11-15(23(25)26)8-21(20-11)9-16(24)19-13-6-18-22(7-13)10-27-14-4-2-12(17)3-5-14/h2-8H,9-10H2,1H3,(H,19,24). The van der Waals surface area contributed by atoms with E-state index in [9.17, 15) is 14.9 Å². The minimum absolute atomic E-state index is 0.124. The Bertz CT molecular complexity index is 966. The van der Waals surface area contributed by atoms with E-state index in [1.165, 1.54) is 28.7 Å². The van der Waals surface area contributed by atoms with E-state index in [1.807, 2.05) is 24.3 Å². The lowest BCUT2D eigenvalue weighted by molar-refractivity contribution is -0.385. The van der Waals surface area contributed by atoms with Crippen LogP contribution in [0.1, 0.15) is 5.69 Å². The van der Waals surface area contributed by atoms with E-state index in [-0.39, 0.29) is 30.6 Å². The van der Waals surface area contributed by atoms with Crippen molar-refractivity contribution >= 4 is 33.2 Å². The minimum atomic E-state index is -0.536. The zero-order chi connectivity index (χ0) is 19.4. The number of halogens is 1. The van der Waals surface area contributed by atoms with Crippen LogP contribution in [0.15, 0.2) is 47.3 Å². The van der Waals surface area contributed by atoms with Gasteiger partial charge in [-0.25, -0.2) is 4.68 Å². The van der Waals surface area contributed by atoms with E-state index >= 15 is 0 Å². The number of aromatic nitrogens is 4. The molecular weight excluding hydrogens is 420 g/mol. The highest BCUT2D eigenvalue weighted by Gasteiger charge is 2.16. The summed E-state index contributed by atoms with van der Waals surface area (Å²) in [7, 11) is 0. The lowest BCUT2D eigenvalue weighted by Gasteiger charge is -2.06. The summed E-state index contributed by atoms with van der Waals surface area (Å²) in [5, 5.41) is 21.5. The Kier molecular flexibility index (Phi) is 5.50. The third-order valence-corrected chi connectivity index (χ3v) is 4.05. The van der Waals surface area contributed by atoms with Crippen molar-refractivity contribution in [2.24, 2.45) is 0 Å². The second-order valence-corrected chi connectivity index (χ2v) is 6.51. The van der Waals surface area contributed by atoms with Gasteiger partial charge in [-0.1, -0.05) is 15.9 Å². The molecule has 0 spiro atoms. The van der Waals surface area contributed by atoms with Gasteiger partial charge in [-0.15, -0.1) is 0 Å². The molecule has 0 fully saturated rings. The van der Waals surface area contributed by atoms with Crippen LogP contribution in [0.4, 0.5) is 11.4 Å². The summed E-state index contributed by atoms with van der Waals surface area (Å²) in [5.41, 5.74) is 0.615. The van der Waals surface area contributed by atoms with Gasteiger partial charge in [0.1, 0.15) is 24.2 Å². The molecule has 10 nitrogen and oxygen atoms in total. The maximum absolute atomic E-state index is 12.1. The number of hydrogen-bond acceptors (Lipinski definition) is 6. The number of nitro groups is 1. The molecule has 0 radical (unpaired) electrons. The van der Waals surface area contributed by atoms with Gasteiger partial charge in [0.2, 0.25) is 5.91 Å². The van der Waals surface area contributed by atoms with Gasteiger partial charge in [-0.3, -0.25) is 19.6 Å². The highest BCUT2D eigenvalue weighted by Crippen LogP contribution is 2.17. The molecule has 0 unspecified atom stereocenters. The normalized spacial score (nSPS) is 10.6. The lowest BCUT2D eigenvalue weighted by Crippen LogP contribution is -2.18. The fraction of sp³-hybridized carbons (Fsp3) is 0.188. The molecule has 0 saturated carbocycles. The van der Waals surface area contributed by atoms with Crippen LogP contribution < -0.4 is 10.1 Å². The average Bonchev–Trinajstić information content (AvgIpc) is 3.20. The predicted octanol–water partition coefficient (Wildman–Crippen LogP) is 2.73. The molecule has 0 saturated heterocycles. The number of carbonyl (C=O) groups is 1. The Balaban J connectivity index is 1.53. The van der Waals surface area contributed by atoms with Gasteiger partial charge in [0.15, 0.2) is 6.73 Å². The maximum atomic E-state index is 12.1. The number of rotatable bonds is 7. The third-order valence-electron chi connectivity index (χ3n) is 3.52. The lowest BCUT2D eigenvalue weighted by atomic mass is 10.3. The number of ether oxygens (including phenoxy) is 1. The van der Waals surface area contributed by atoms with Gasteiger partial charge >= 0.3 is 5.69 Å². The van der Waals surface area contributed by atoms with E-state index in [0.29, 0.717) is 11.4 Å². The summed E-state index contributed by atoms with van der Waals surface area (Å²) in [5.74, 6) is 0.315. The molecule has 2 aromatic heterocycles. The van der Waals surface area contributed by atoms with Crippen molar-refractivity contribution in [3.05, 3.63) is 63.1 Å². The number of carbonyl (C=O) groups excluding carboxylic acids is 1. The first kappa shape index (κ1) is 18.6. The summed E-state index contributed by atoms with van der Waals surface area (Å²) in [6.07, 6.45) is 4.33. The van der Waals surface area contributed by atoms with Gasteiger partial charge < -0.3 is 10.1 Å². The Morgan fingerprint density at radius 2 is 2.04 bits per heavy atom. The smallest absolute Gasteiger partial charge is 0.309 e. The minimum Gasteiger partial charge on any atom is -0.471 e. The van der Waals surface area contributed by atoms with E-state index in [1.54, 1.807) is 6.20 Å². The average molecular weight is 435 g/mol. The van der Waals surface area contributed by atoms with Crippen LogP contribution in [-0.2, 0) is 18.1 Å². The Morgan fingerprint density at radius 3 is 2.70 bits per heavy atom. The van der Waals surface area contributed by atoms with Gasteiger partial charge in [0.05, 0.1) is 23.0 Å². The van der Waals surface area contributed by atoms with Crippen LogP contribution in [0.25, 0.3) is 0 Å². The van der Waals surface area contributed by atoms with Crippen LogP contribution in [0, 0.1) is 17.0 Å². The van der Waals surface area contributed by atoms with Crippen molar-refractivity contribution < 1.29 is 14.5 Å². The molecule has 0 aliphatic rings. The summed E-state index contributed by atoms with van der Waals surface area (Å²) in [6.45, 7) is 1.55. The fourth-order valence-electron chi connectivity index (χ4n) is 2.29. The molecule has 0 aliphatic carbocycles. The summed E-state index contributed by atoms with van der Waals surface area (Å²) < 4.78 is 9.30. The molecule has 3 rings (SSSR count). The highest BCUT2D eigenvalue weighted by atomic mass is 79.9. The number of benzene rings is 1. The second kappa shape index (κ2) is 7.99. The molecule has 11 heteroatoms. The fourth-order valence-corrected chi connectivity index (χ4v) is 2.55. The maximum Gasteiger partial charge on any atom is 0.309 e. The molecule has 27 heavy (non-hydrogen) atoms. The molecule has 0 atom stereocenters. The van der Waals surface area contributed by atoms with E-state index < -0.39 is 4.92 Å². The number of anilines is 1. The van der Waals surface area contributed by atoms with Crippen molar-refractivity contribution in [2.45, 2.75) is 20.2 Å². The molecule has 2 heterocycles. The molecule has 1 aromatic carbocycles. The van der Waals surface area contributed by atoms with Gasteiger partial charge in [0, 0.05) is 4.47 Å². The predicted molar refractivity (Wildman–Crippen MR) is 99.2 cm³/mol. The van der Waals surface area contributed by atoms with Gasteiger partial charge in [0.25, 0.3) is 0 Å². The molecular formula is C16H15BrN6O4. The van der Waals surface area contributed by atoms with E-state index in [0.717, 1.165) is 4.47 Å². The van der Waals surface area contributed by atoms with Crippen molar-refractivity contribution in [1.82, 2.24) is 19.6 Å². The van der Waals surface area contributed by atoms with Crippen molar-refractivity contribution in [2.75, 3.05) is 5.32 Å². The SMILES string of the molecule is Cc1nn(CC(=O)Nc2cnn(COc3ccc(Br)cc3)c2)cc1[N+](=O)[O-]. The van der Waals surface area contributed by atoms with Gasteiger partial charge in [-0.05, 0) is 31.2 Å². The Hall–Kier alpha value is -3.21. The molecule has 1 amide bonds. The quantitative estimate of drug-likeness (QED) is 0.451. The number of nitrogens with zero attached hydrogens (tertiary/aromatic N) is 5. The van der Waals surface area contributed by atoms with Crippen LogP contribution in [0.3, 0.4) is 0 Å². The van der Waals surface area contributed by atoms with Crippen molar-refractivity contribution in [1.29, 1.82) is 0 Å². The number of nitrogens with one attached hydrogen (secondary N) is 1. The zero-order valence-corrected chi connectivity index (χ0v) is 15.8. The van der Waals surface area contributed by atoms with Crippen LogP contribution in [0.2, 0.25) is 0 Å². The number of aryl methyl sites for hydroxylation is 1. The molecule has 1 N–H and O–H groups in total. The third kappa shape index (κ3) is 4.91. The molecule has 0 aliphatic heterocycles. The van der Waals surface area contributed by atoms with Crippen LogP contribution >= 0.6 is 15.9 Å². The summed E-state index contributed by atoms with van der Waals surface area (Å²) >= 11 is 3.35. The first-order chi connectivity index (χ1) is 12.9. The first-order valence-electron chi connectivity index (χ1n) is 7.80. The molecule has 140 valence electrons. The molecule has 0 bridgehead atoms. The number of amides is 1. The zero-order valence-electron chi connectivity index (χ0n) is 14.2. The van der Waals surface area contributed by atoms with Gasteiger partial charge in [-0.2, -0.15) is 10.2 Å². The summed E-state index contributed by atoms with van der Waals surface area (Å²) in [4.78, 5) is 22.4. The van der Waals surface area contributed by atoms with Crippen LogP contribution in [0.5, 0.6) is 5.75 Å². The topological polar surface area (TPSA) is 117 Å². The first-order valence-corrected chi connectivity index (χ1v) is 8.59. The Labute approximate surface area is 162 Å². The summed E-state index contributed by atoms with van der Waals surface area (Å²) in [6, 6.07) is 7.37.